The van der Waals surface area contributed by atoms with Crippen molar-refractivity contribution in [1.29, 1.82) is 0 Å². The first-order valence-corrected chi connectivity index (χ1v) is 7.83. The highest BCUT2D eigenvalue weighted by atomic mass is 16.5. The highest BCUT2D eigenvalue weighted by Crippen LogP contribution is 2.16. The number of amides is 2. The summed E-state index contributed by atoms with van der Waals surface area (Å²) in [5.74, 6) is -0.200. The number of unbranched alkanes of at least 4 members (excludes halogenated alkanes) is 1. The largest absolute Gasteiger partial charge is 0.497 e. The highest BCUT2D eigenvalue weighted by molar-refractivity contribution is 6.39. The molecule has 0 radical (unpaired) electrons. The van der Waals surface area contributed by atoms with Crippen LogP contribution in [0.15, 0.2) is 24.3 Å². The van der Waals surface area contributed by atoms with Gasteiger partial charge in [0, 0.05) is 18.3 Å². The number of carbonyl (C=O) groups excluding carboxylic acids is 2. The predicted molar refractivity (Wildman–Crippen MR) is 87.9 cm³/mol. The van der Waals surface area contributed by atoms with Gasteiger partial charge in [-0.25, -0.2) is 0 Å². The maximum Gasteiger partial charge on any atom is 0.313 e. The zero-order valence-corrected chi connectivity index (χ0v) is 13.6. The second kappa shape index (κ2) is 9.82. The van der Waals surface area contributed by atoms with Gasteiger partial charge in [0.05, 0.1) is 7.11 Å². The smallest absolute Gasteiger partial charge is 0.313 e. The molecule has 5 nitrogen and oxygen atoms in total. The third kappa shape index (κ3) is 6.16. The lowest BCUT2D eigenvalue weighted by Crippen LogP contribution is -2.38. The van der Waals surface area contributed by atoms with Crippen LogP contribution in [0.5, 0.6) is 5.75 Å². The number of methoxy groups -OCH3 is 1. The molecule has 1 aromatic rings. The molecule has 0 fully saturated rings. The van der Waals surface area contributed by atoms with E-state index in [-0.39, 0.29) is 0 Å². The number of benzene rings is 1. The molecule has 1 aromatic carbocycles. The Balaban J connectivity index is 2.45. The van der Waals surface area contributed by atoms with Crippen molar-refractivity contribution in [3.8, 4) is 5.75 Å². The lowest BCUT2D eigenvalue weighted by molar-refractivity contribution is -0.136. The molecule has 1 atom stereocenters. The van der Waals surface area contributed by atoms with Gasteiger partial charge in [0.2, 0.25) is 0 Å². The predicted octanol–water partition coefficient (Wildman–Crippen LogP) is 2.97. The lowest BCUT2D eigenvalue weighted by atomic mass is 9.99. The zero-order chi connectivity index (χ0) is 16.4. The van der Waals surface area contributed by atoms with E-state index in [1.807, 2.05) is 0 Å². The Kier molecular flexibility index (Phi) is 8.04. The average molecular weight is 306 g/mol. The van der Waals surface area contributed by atoms with Gasteiger partial charge in [0.15, 0.2) is 0 Å². The van der Waals surface area contributed by atoms with Crippen molar-refractivity contribution in [3.63, 3.8) is 0 Å². The van der Waals surface area contributed by atoms with E-state index in [9.17, 15) is 9.59 Å². The van der Waals surface area contributed by atoms with Crippen molar-refractivity contribution in [2.75, 3.05) is 19.0 Å². The molecule has 22 heavy (non-hydrogen) atoms. The van der Waals surface area contributed by atoms with Gasteiger partial charge in [-0.2, -0.15) is 0 Å². The summed E-state index contributed by atoms with van der Waals surface area (Å²) in [6.45, 7) is 4.79. The Morgan fingerprint density at radius 2 is 2.00 bits per heavy atom. The van der Waals surface area contributed by atoms with Crippen molar-refractivity contribution in [2.24, 2.45) is 5.92 Å². The second-order valence-corrected chi connectivity index (χ2v) is 5.31. The third-order valence-corrected chi connectivity index (χ3v) is 3.63. The van der Waals surface area contributed by atoms with Crippen molar-refractivity contribution >= 4 is 17.5 Å². The van der Waals surface area contributed by atoms with Crippen LogP contribution in [0.1, 0.15) is 39.5 Å². The lowest BCUT2D eigenvalue weighted by Gasteiger charge is -2.15. The number of ether oxygens (including phenoxy) is 1. The van der Waals surface area contributed by atoms with Gasteiger partial charge in [-0.3, -0.25) is 9.59 Å². The fourth-order valence-corrected chi connectivity index (χ4v) is 2.15. The quantitative estimate of drug-likeness (QED) is 0.726. The molecule has 1 rings (SSSR count). The highest BCUT2D eigenvalue weighted by Gasteiger charge is 2.15. The Bertz CT molecular complexity index is 489. The molecule has 5 heteroatoms. The summed E-state index contributed by atoms with van der Waals surface area (Å²) in [5.41, 5.74) is 0.539. The molecule has 0 aliphatic rings. The molecule has 0 saturated heterocycles. The molecule has 0 saturated carbocycles. The molecule has 2 amide bonds. The molecule has 0 spiro atoms. The van der Waals surface area contributed by atoms with Crippen molar-refractivity contribution < 1.29 is 14.3 Å². The first kappa shape index (κ1) is 18.0. The van der Waals surface area contributed by atoms with E-state index in [2.05, 4.69) is 24.5 Å². The van der Waals surface area contributed by atoms with Crippen molar-refractivity contribution in [1.82, 2.24) is 5.32 Å². The van der Waals surface area contributed by atoms with Crippen LogP contribution in [0.25, 0.3) is 0 Å². The second-order valence-electron chi connectivity index (χ2n) is 5.31. The summed E-state index contributed by atoms with van der Waals surface area (Å²) in [6.07, 6.45) is 4.35. The van der Waals surface area contributed by atoms with Crippen LogP contribution in [0, 0.1) is 5.92 Å². The number of carbonyl (C=O) groups is 2. The molecular weight excluding hydrogens is 280 g/mol. The molecule has 0 unspecified atom stereocenters. The Hall–Kier alpha value is -2.04. The molecule has 0 heterocycles. The normalized spacial score (nSPS) is 11.6. The molecule has 0 bridgehead atoms. The van der Waals surface area contributed by atoms with E-state index in [1.54, 1.807) is 31.4 Å². The molecule has 0 aliphatic carbocycles. The molecular formula is C17H26N2O3. The minimum Gasteiger partial charge on any atom is -0.497 e. The number of hydrogen-bond acceptors (Lipinski definition) is 3. The minimum absolute atomic E-state index is 0.425. The fourth-order valence-electron chi connectivity index (χ4n) is 2.15. The van der Waals surface area contributed by atoms with Crippen LogP contribution < -0.4 is 15.4 Å². The molecule has 2 N–H and O–H groups in total. The van der Waals surface area contributed by atoms with Gasteiger partial charge in [-0.05, 0) is 24.5 Å². The zero-order valence-electron chi connectivity index (χ0n) is 13.6. The molecule has 0 aliphatic heterocycles. The molecule has 0 aromatic heterocycles. The first-order valence-electron chi connectivity index (χ1n) is 7.83. The summed E-state index contributed by atoms with van der Waals surface area (Å²) in [5, 5.41) is 5.28. The van der Waals surface area contributed by atoms with E-state index in [1.165, 1.54) is 0 Å². The van der Waals surface area contributed by atoms with Crippen LogP contribution in [0.3, 0.4) is 0 Å². The van der Waals surface area contributed by atoms with Gasteiger partial charge in [0.1, 0.15) is 5.75 Å². The van der Waals surface area contributed by atoms with Crippen LogP contribution in [0.2, 0.25) is 0 Å². The monoisotopic (exact) mass is 306 g/mol. The standard InChI is InChI=1S/C17H26N2O3/c1-4-6-8-13(5-2)12-18-16(20)17(21)19-14-9-7-10-15(11-14)22-3/h7,9-11,13H,4-6,8,12H2,1-3H3,(H,18,20)(H,19,21)/t13-/m1/s1. The number of hydrogen-bond donors (Lipinski definition) is 2. The number of rotatable bonds is 8. The third-order valence-electron chi connectivity index (χ3n) is 3.63. The SMILES string of the molecule is CCCC[C@@H](CC)CNC(=O)C(=O)Nc1cccc(OC)c1. The summed E-state index contributed by atoms with van der Waals surface area (Å²) in [7, 11) is 1.55. The van der Waals surface area contributed by atoms with Crippen LogP contribution in [-0.2, 0) is 9.59 Å². The maximum atomic E-state index is 11.9. The maximum absolute atomic E-state index is 11.9. The van der Waals surface area contributed by atoms with Gasteiger partial charge in [-0.15, -0.1) is 0 Å². The van der Waals surface area contributed by atoms with Gasteiger partial charge >= 0.3 is 11.8 Å². The topological polar surface area (TPSA) is 67.4 Å². The molecule has 122 valence electrons. The van der Waals surface area contributed by atoms with Crippen LogP contribution >= 0.6 is 0 Å². The summed E-state index contributed by atoms with van der Waals surface area (Å²) in [4.78, 5) is 23.7. The van der Waals surface area contributed by atoms with E-state index in [0.717, 1.165) is 25.7 Å². The van der Waals surface area contributed by atoms with Crippen molar-refractivity contribution in [3.05, 3.63) is 24.3 Å². The minimum atomic E-state index is -0.654. The van der Waals surface area contributed by atoms with E-state index in [4.69, 9.17) is 4.74 Å². The Morgan fingerprint density at radius 3 is 2.64 bits per heavy atom. The van der Waals surface area contributed by atoms with Crippen molar-refractivity contribution in [2.45, 2.75) is 39.5 Å². The van der Waals surface area contributed by atoms with E-state index < -0.39 is 11.8 Å². The van der Waals surface area contributed by atoms with E-state index >= 15 is 0 Å². The number of anilines is 1. The fraction of sp³-hybridized carbons (Fsp3) is 0.529. The Morgan fingerprint density at radius 1 is 1.23 bits per heavy atom. The van der Waals surface area contributed by atoms with Crippen LogP contribution in [0.4, 0.5) is 5.69 Å². The van der Waals surface area contributed by atoms with Crippen LogP contribution in [-0.4, -0.2) is 25.5 Å². The summed E-state index contributed by atoms with van der Waals surface area (Å²) < 4.78 is 5.08. The van der Waals surface area contributed by atoms with Gasteiger partial charge in [-0.1, -0.05) is 39.2 Å². The average Bonchev–Trinajstić information content (AvgIpc) is 2.54. The van der Waals surface area contributed by atoms with E-state index in [0.29, 0.717) is 23.9 Å². The first-order chi connectivity index (χ1) is 10.6. The van der Waals surface area contributed by atoms with Gasteiger partial charge < -0.3 is 15.4 Å². The Labute approximate surface area is 132 Å². The summed E-state index contributed by atoms with van der Waals surface area (Å²) in [6, 6.07) is 6.91. The summed E-state index contributed by atoms with van der Waals surface area (Å²) >= 11 is 0. The number of nitrogens with one attached hydrogen (secondary N) is 2. The van der Waals surface area contributed by atoms with Gasteiger partial charge in [0.25, 0.3) is 0 Å².